The number of hydrogen-bond donors (Lipinski definition) is 0. The molecule has 78 valence electrons. The molecule has 0 N–H and O–H groups in total. The van der Waals surface area contributed by atoms with Crippen molar-refractivity contribution in [3.63, 3.8) is 0 Å². The summed E-state index contributed by atoms with van der Waals surface area (Å²) in [5.74, 6) is 1.07. The number of aromatic nitrogens is 2. The maximum atomic E-state index is 6.09. The van der Waals surface area contributed by atoms with E-state index in [2.05, 4.69) is 39.7 Å². The van der Waals surface area contributed by atoms with Gasteiger partial charge in [0.2, 0.25) is 0 Å². The number of halogens is 2. The van der Waals surface area contributed by atoms with Crippen molar-refractivity contribution in [1.82, 2.24) is 9.97 Å². The summed E-state index contributed by atoms with van der Waals surface area (Å²) in [6.45, 7) is 4.10. The lowest BCUT2D eigenvalue weighted by molar-refractivity contribution is 0.783. The molecule has 4 heteroatoms. The summed E-state index contributed by atoms with van der Waals surface area (Å²) in [5, 5.41) is 1.42. The molecule has 0 amide bonds. The van der Waals surface area contributed by atoms with Crippen LogP contribution in [0, 0.1) is 0 Å². The molecule has 2 aromatic rings. The molecule has 0 saturated carbocycles. The van der Waals surface area contributed by atoms with E-state index in [1.807, 2.05) is 18.2 Å². The Morgan fingerprint density at radius 2 is 2.00 bits per heavy atom. The molecule has 0 aliphatic heterocycles. The Morgan fingerprint density at radius 3 is 2.67 bits per heavy atom. The van der Waals surface area contributed by atoms with Crippen LogP contribution in [-0.2, 0) is 0 Å². The summed E-state index contributed by atoms with van der Waals surface area (Å²) in [6.07, 6.45) is 0. The van der Waals surface area contributed by atoms with Crippen LogP contribution in [0.5, 0.6) is 0 Å². The fraction of sp³-hybridized carbons (Fsp3) is 0.273. The highest BCUT2D eigenvalue weighted by Crippen LogP contribution is 2.25. The first-order chi connectivity index (χ1) is 7.08. The van der Waals surface area contributed by atoms with E-state index >= 15 is 0 Å². The van der Waals surface area contributed by atoms with Crippen LogP contribution in [0.15, 0.2) is 22.7 Å². The Hall–Kier alpha value is -0.670. The SMILES string of the molecule is CC(C)c1nc(Cl)c2ccc(Br)cc2n1. The Labute approximate surface area is 102 Å². The van der Waals surface area contributed by atoms with E-state index in [0.717, 1.165) is 21.2 Å². The number of rotatable bonds is 1. The van der Waals surface area contributed by atoms with Gasteiger partial charge in [-0.2, -0.15) is 0 Å². The second kappa shape index (κ2) is 4.06. The van der Waals surface area contributed by atoms with Gasteiger partial charge in [0.15, 0.2) is 0 Å². The van der Waals surface area contributed by atoms with Crippen LogP contribution in [0.1, 0.15) is 25.6 Å². The van der Waals surface area contributed by atoms with Crippen LogP contribution in [-0.4, -0.2) is 9.97 Å². The lowest BCUT2D eigenvalue weighted by Gasteiger charge is -2.06. The fourth-order valence-electron chi connectivity index (χ4n) is 1.34. The maximum Gasteiger partial charge on any atom is 0.140 e. The van der Waals surface area contributed by atoms with Gasteiger partial charge in [0.05, 0.1) is 5.52 Å². The molecule has 0 fully saturated rings. The number of benzene rings is 1. The zero-order valence-corrected chi connectivity index (χ0v) is 10.8. The molecule has 15 heavy (non-hydrogen) atoms. The largest absolute Gasteiger partial charge is 0.232 e. The molecule has 1 aromatic heterocycles. The highest BCUT2D eigenvalue weighted by molar-refractivity contribution is 9.10. The second-order valence-electron chi connectivity index (χ2n) is 3.69. The van der Waals surface area contributed by atoms with Crippen molar-refractivity contribution in [3.05, 3.63) is 33.6 Å². The van der Waals surface area contributed by atoms with E-state index in [9.17, 15) is 0 Å². The fourth-order valence-corrected chi connectivity index (χ4v) is 1.93. The lowest BCUT2D eigenvalue weighted by atomic mass is 10.2. The Morgan fingerprint density at radius 1 is 1.27 bits per heavy atom. The summed E-state index contributed by atoms with van der Waals surface area (Å²) in [4.78, 5) is 8.74. The van der Waals surface area contributed by atoms with E-state index in [0.29, 0.717) is 5.15 Å². The summed E-state index contributed by atoms with van der Waals surface area (Å²) in [6, 6.07) is 5.81. The van der Waals surface area contributed by atoms with E-state index < -0.39 is 0 Å². The highest BCUT2D eigenvalue weighted by atomic mass is 79.9. The molecular weight excluding hydrogens is 275 g/mol. The molecule has 0 unspecified atom stereocenters. The molecule has 0 aliphatic rings. The first kappa shape index (κ1) is 10.8. The average molecular weight is 286 g/mol. The van der Waals surface area contributed by atoms with Gasteiger partial charge in [0.25, 0.3) is 0 Å². The summed E-state index contributed by atoms with van der Waals surface area (Å²) >= 11 is 9.51. The smallest absolute Gasteiger partial charge is 0.140 e. The van der Waals surface area contributed by atoms with Crippen LogP contribution < -0.4 is 0 Å². The highest BCUT2D eigenvalue weighted by Gasteiger charge is 2.08. The Kier molecular flexibility index (Phi) is 2.94. The summed E-state index contributed by atoms with van der Waals surface area (Å²) in [7, 11) is 0. The van der Waals surface area contributed by atoms with Gasteiger partial charge >= 0.3 is 0 Å². The minimum Gasteiger partial charge on any atom is -0.232 e. The van der Waals surface area contributed by atoms with Crippen molar-refractivity contribution in [1.29, 1.82) is 0 Å². The molecule has 0 spiro atoms. The molecule has 0 atom stereocenters. The Balaban J connectivity index is 2.74. The van der Waals surface area contributed by atoms with Gasteiger partial charge in [-0.15, -0.1) is 0 Å². The van der Waals surface area contributed by atoms with Gasteiger partial charge in [-0.25, -0.2) is 9.97 Å². The minimum absolute atomic E-state index is 0.283. The van der Waals surface area contributed by atoms with Crippen LogP contribution in [0.4, 0.5) is 0 Å². The first-order valence-electron chi connectivity index (χ1n) is 4.70. The van der Waals surface area contributed by atoms with Crippen molar-refractivity contribution in [2.75, 3.05) is 0 Å². The second-order valence-corrected chi connectivity index (χ2v) is 4.96. The first-order valence-corrected chi connectivity index (χ1v) is 5.87. The number of nitrogens with zero attached hydrogens (tertiary/aromatic N) is 2. The zero-order chi connectivity index (χ0) is 11.0. The van der Waals surface area contributed by atoms with Gasteiger partial charge < -0.3 is 0 Å². The molecular formula is C11H10BrClN2. The van der Waals surface area contributed by atoms with Crippen LogP contribution in [0.3, 0.4) is 0 Å². The monoisotopic (exact) mass is 284 g/mol. The predicted molar refractivity (Wildman–Crippen MR) is 66.3 cm³/mol. The standard InChI is InChI=1S/C11H10BrClN2/c1-6(2)11-14-9-5-7(12)3-4-8(9)10(13)15-11/h3-6H,1-2H3. The quantitative estimate of drug-likeness (QED) is 0.735. The van der Waals surface area contributed by atoms with Gasteiger partial charge in [-0.05, 0) is 18.2 Å². The molecule has 0 aliphatic carbocycles. The third-order valence-electron chi connectivity index (χ3n) is 2.15. The van der Waals surface area contributed by atoms with E-state index in [1.54, 1.807) is 0 Å². The van der Waals surface area contributed by atoms with Crippen molar-refractivity contribution in [2.45, 2.75) is 19.8 Å². The number of fused-ring (bicyclic) bond motifs is 1. The topological polar surface area (TPSA) is 25.8 Å². The van der Waals surface area contributed by atoms with Crippen molar-refractivity contribution in [2.24, 2.45) is 0 Å². The van der Waals surface area contributed by atoms with E-state index in [1.165, 1.54) is 0 Å². The molecule has 0 radical (unpaired) electrons. The zero-order valence-electron chi connectivity index (χ0n) is 8.46. The molecule has 2 nitrogen and oxygen atoms in total. The van der Waals surface area contributed by atoms with Crippen molar-refractivity contribution < 1.29 is 0 Å². The average Bonchev–Trinajstić information content (AvgIpc) is 2.16. The molecule has 1 heterocycles. The molecule has 0 saturated heterocycles. The normalized spacial score (nSPS) is 11.3. The predicted octanol–water partition coefficient (Wildman–Crippen LogP) is 4.17. The van der Waals surface area contributed by atoms with E-state index in [4.69, 9.17) is 11.6 Å². The van der Waals surface area contributed by atoms with Crippen molar-refractivity contribution >= 4 is 38.4 Å². The van der Waals surface area contributed by atoms with Crippen molar-refractivity contribution in [3.8, 4) is 0 Å². The van der Waals surface area contributed by atoms with Gasteiger partial charge in [-0.1, -0.05) is 41.4 Å². The molecule has 1 aromatic carbocycles. The van der Waals surface area contributed by atoms with Gasteiger partial charge in [0, 0.05) is 15.8 Å². The third-order valence-corrected chi connectivity index (χ3v) is 2.93. The number of hydrogen-bond acceptors (Lipinski definition) is 2. The van der Waals surface area contributed by atoms with Gasteiger partial charge in [-0.3, -0.25) is 0 Å². The summed E-state index contributed by atoms with van der Waals surface area (Å²) in [5.41, 5.74) is 0.882. The summed E-state index contributed by atoms with van der Waals surface area (Å²) < 4.78 is 1.000. The third kappa shape index (κ3) is 2.13. The minimum atomic E-state index is 0.283. The Bertz CT molecular complexity index is 511. The molecule has 0 bridgehead atoms. The van der Waals surface area contributed by atoms with Crippen LogP contribution in [0.25, 0.3) is 10.9 Å². The maximum absolute atomic E-state index is 6.09. The van der Waals surface area contributed by atoms with E-state index in [-0.39, 0.29) is 5.92 Å². The lowest BCUT2D eigenvalue weighted by Crippen LogP contribution is -1.98. The molecule has 2 rings (SSSR count). The van der Waals surface area contributed by atoms with Crippen LogP contribution in [0.2, 0.25) is 5.15 Å². The van der Waals surface area contributed by atoms with Gasteiger partial charge in [0.1, 0.15) is 11.0 Å². The van der Waals surface area contributed by atoms with Crippen LogP contribution >= 0.6 is 27.5 Å².